The molecule has 90 valence electrons. The normalized spacial score (nSPS) is 9.83. The summed E-state index contributed by atoms with van der Waals surface area (Å²) in [5.74, 6) is 0.561. The lowest BCUT2D eigenvalue weighted by molar-refractivity contribution is 0.300. The van der Waals surface area contributed by atoms with Crippen molar-refractivity contribution in [1.82, 2.24) is 4.98 Å². The summed E-state index contributed by atoms with van der Waals surface area (Å²) in [5.41, 5.74) is 1.31. The molecule has 1 heterocycles. The molecule has 0 amide bonds. The van der Waals surface area contributed by atoms with Crippen molar-refractivity contribution in [2.45, 2.75) is 6.61 Å². The van der Waals surface area contributed by atoms with E-state index in [2.05, 4.69) is 42.9 Å². The van der Waals surface area contributed by atoms with E-state index in [1.807, 2.05) is 18.2 Å². The van der Waals surface area contributed by atoms with Crippen LogP contribution in [0.15, 0.2) is 45.5 Å². The van der Waals surface area contributed by atoms with Crippen LogP contribution in [0.1, 0.15) is 11.3 Å². The van der Waals surface area contributed by atoms with E-state index in [1.54, 1.807) is 18.3 Å². The summed E-state index contributed by atoms with van der Waals surface area (Å²) in [6.45, 7) is 0.337. The van der Waals surface area contributed by atoms with Crippen molar-refractivity contribution in [2.75, 3.05) is 0 Å². The van der Waals surface area contributed by atoms with E-state index in [4.69, 9.17) is 10.00 Å². The Balaban J connectivity index is 2.11. The first-order valence-corrected chi connectivity index (χ1v) is 6.70. The molecule has 0 saturated carbocycles. The standard InChI is InChI=1S/C13H8Br2N2O/c14-10-2-4-13(9(5-10)6-16)18-8-12-3-1-11(15)7-17-12/h1-5,7H,8H2. The largest absolute Gasteiger partial charge is 0.486 e. The molecule has 0 bridgehead atoms. The molecule has 1 aromatic carbocycles. The highest BCUT2D eigenvalue weighted by molar-refractivity contribution is 9.10. The third-order valence-corrected chi connectivity index (χ3v) is 3.19. The summed E-state index contributed by atoms with van der Waals surface area (Å²) in [5, 5.41) is 9.00. The number of rotatable bonds is 3. The highest BCUT2D eigenvalue weighted by atomic mass is 79.9. The summed E-state index contributed by atoms with van der Waals surface area (Å²) in [4.78, 5) is 4.20. The fourth-order valence-electron chi connectivity index (χ4n) is 1.36. The smallest absolute Gasteiger partial charge is 0.137 e. The molecule has 18 heavy (non-hydrogen) atoms. The predicted octanol–water partition coefficient (Wildman–Crippen LogP) is 4.06. The van der Waals surface area contributed by atoms with Crippen LogP contribution in [0.5, 0.6) is 5.75 Å². The maximum absolute atomic E-state index is 9.00. The van der Waals surface area contributed by atoms with E-state index >= 15 is 0 Å². The highest BCUT2D eigenvalue weighted by Crippen LogP contribution is 2.23. The molecule has 3 nitrogen and oxygen atoms in total. The van der Waals surface area contributed by atoms with Gasteiger partial charge in [-0.25, -0.2) is 0 Å². The number of hydrogen-bond donors (Lipinski definition) is 0. The Kier molecular flexibility index (Phi) is 4.34. The van der Waals surface area contributed by atoms with Crippen molar-refractivity contribution >= 4 is 31.9 Å². The first-order valence-electron chi connectivity index (χ1n) is 5.12. The van der Waals surface area contributed by atoms with E-state index < -0.39 is 0 Å². The maximum atomic E-state index is 9.00. The second-order valence-electron chi connectivity index (χ2n) is 3.51. The zero-order valence-corrected chi connectivity index (χ0v) is 12.4. The van der Waals surface area contributed by atoms with Crippen molar-refractivity contribution in [3.8, 4) is 11.8 Å². The molecule has 5 heteroatoms. The topological polar surface area (TPSA) is 45.9 Å². The average molecular weight is 368 g/mol. The van der Waals surface area contributed by atoms with E-state index in [9.17, 15) is 0 Å². The van der Waals surface area contributed by atoms with Crippen LogP contribution in [0, 0.1) is 11.3 Å². The van der Waals surface area contributed by atoms with Gasteiger partial charge in [0, 0.05) is 15.1 Å². The summed E-state index contributed by atoms with van der Waals surface area (Å²) in [6, 6.07) is 11.2. The Morgan fingerprint density at radius 3 is 2.61 bits per heavy atom. The predicted molar refractivity (Wildman–Crippen MR) is 75.1 cm³/mol. The van der Waals surface area contributed by atoms with Crippen molar-refractivity contribution in [3.63, 3.8) is 0 Å². The van der Waals surface area contributed by atoms with Crippen LogP contribution in [0.4, 0.5) is 0 Å². The van der Waals surface area contributed by atoms with Gasteiger partial charge >= 0.3 is 0 Å². The van der Waals surface area contributed by atoms with Gasteiger partial charge in [-0.1, -0.05) is 15.9 Å². The molecule has 0 fully saturated rings. The molecule has 0 aliphatic carbocycles. The Morgan fingerprint density at radius 2 is 1.94 bits per heavy atom. The third-order valence-electron chi connectivity index (χ3n) is 2.23. The van der Waals surface area contributed by atoms with Crippen LogP contribution < -0.4 is 4.74 Å². The minimum Gasteiger partial charge on any atom is -0.486 e. The summed E-state index contributed by atoms with van der Waals surface area (Å²) < 4.78 is 7.37. The van der Waals surface area contributed by atoms with E-state index in [-0.39, 0.29) is 0 Å². The molecular weight excluding hydrogens is 360 g/mol. The second kappa shape index (κ2) is 5.98. The fourth-order valence-corrected chi connectivity index (χ4v) is 1.95. The first-order chi connectivity index (χ1) is 8.69. The first kappa shape index (κ1) is 13.1. The number of ether oxygens (including phenoxy) is 1. The van der Waals surface area contributed by atoms with Gasteiger partial charge in [0.2, 0.25) is 0 Å². The molecule has 2 rings (SSSR count). The highest BCUT2D eigenvalue weighted by Gasteiger charge is 2.04. The zero-order valence-electron chi connectivity index (χ0n) is 9.23. The van der Waals surface area contributed by atoms with Crippen molar-refractivity contribution in [1.29, 1.82) is 5.26 Å². The van der Waals surface area contributed by atoms with Gasteiger partial charge < -0.3 is 4.74 Å². The Labute approximate surface area is 122 Å². The van der Waals surface area contributed by atoms with Gasteiger partial charge in [0.15, 0.2) is 0 Å². The van der Waals surface area contributed by atoms with Gasteiger partial charge in [-0.3, -0.25) is 4.98 Å². The molecule has 0 spiro atoms. The van der Waals surface area contributed by atoms with Gasteiger partial charge in [-0.2, -0.15) is 5.26 Å². The van der Waals surface area contributed by atoms with Crippen LogP contribution in [-0.4, -0.2) is 4.98 Å². The fraction of sp³-hybridized carbons (Fsp3) is 0.0769. The summed E-state index contributed by atoms with van der Waals surface area (Å²) in [6.07, 6.45) is 1.71. The summed E-state index contributed by atoms with van der Waals surface area (Å²) in [7, 11) is 0. The quantitative estimate of drug-likeness (QED) is 0.821. The maximum Gasteiger partial charge on any atom is 0.137 e. The lowest BCUT2D eigenvalue weighted by Crippen LogP contribution is -1.99. The van der Waals surface area contributed by atoms with Gasteiger partial charge in [0.25, 0.3) is 0 Å². The van der Waals surface area contributed by atoms with Gasteiger partial charge in [0.05, 0.1) is 11.3 Å². The number of halogens is 2. The van der Waals surface area contributed by atoms with Gasteiger partial charge in [0.1, 0.15) is 18.4 Å². The minimum atomic E-state index is 0.337. The van der Waals surface area contributed by atoms with Crippen molar-refractivity contribution in [3.05, 3.63) is 56.7 Å². The Morgan fingerprint density at radius 1 is 1.17 bits per heavy atom. The molecule has 0 radical (unpaired) electrons. The average Bonchev–Trinajstić information content (AvgIpc) is 2.39. The molecular formula is C13H8Br2N2O. The van der Waals surface area contributed by atoms with Crippen LogP contribution in [0.2, 0.25) is 0 Å². The summed E-state index contributed by atoms with van der Waals surface area (Å²) >= 11 is 6.64. The minimum absolute atomic E-state index is 0.337. The molecule has 2 aromatic rings. The van der Waals surface area contributed by atoms with Crippen LogP contribution in [0.3, 0.4) is 0 Å². The number of nitriles is 1. The van der Waals surface area contributed by atoms with E-state index in [0.717, 1.165) is 14.6 Å². The van der Waals surface area contributed by atoms with Gasteiger partial charge in [-0.15, -0.1) is 0 Å². The van der Waals surface area contributed by atoms with Crippen molar-refractivity contribution < 1.29 is 4.74 Å². The SMILES string of the molecule is N#Cc1cc(Br)ccc1OCc1ccc(Br)cn1. The van der Waals surface area contributed by atoms with E-state index in [0.29, 0.717) is 17.9 Å². The number of benzene rings is 1. The van der Waals surface area contributed by atoms with Crippen LogP contribution >= 0.6 is 31.9 Å². The second-order valence-corrected chi connectivity index (χ2v) is 5.34. The number of nitrogens with zero attached hydrogens (tertiary/aromatic N) is 2. The zero-order chi connectivity index (χ0) is 13.0. The lowest BCUT2D eigenvalue weighted by Gasteiger charge is -2.07. The monoisotopic (exact) mass is 366 g/mol. The van der Waals surface area contributed by atoms with E-state index in [1.165, 1.54) is 0 Å². The van der Waals surface area contributed by atoms with Crippen molar-refractivity contribution in [2.24, 2.45) is 0 Å². The molecule has 0 aliphatic rings. The molecule has 0 atom stereocenters. The Hall–Kier alpha value is -1.38. The van der Waals surface area contributed by atoms with Gasteiger partial charge in [-0.05, 0) is 46.3 Å². The molecule has 0 saturated heterocycles. The van der Waals surface area contributed by atoms with Crippen LogP contribution in [0.25, 0.3) is 0 Å². The molecule has 0 unspecified atom stereocenters. The molecule has 0 aliphatic heterocycles. The number of aromatic nitrogens is 1. The lowest BCUT2D eigenvalue weighted by atomic mass is 10.2. The Bertz CT molecular complexity index is 591. The number of pyridine rings is 1. The third kappa shape index (κ3) is 3.31. The number of hydrogen-bond acceptors (Lipinski definition) is 3. The van der Waals surface area contributed by atoms with Crippen LogP contribution in [-0.2, 0) is 6.61 Å². The molecule has 1 aromatic heterocycles. The molecule has 0 N–H and O–H groups in total.